The van der Waals surface area contributed by atoms with Gasteiger partial charge in [0.1, 0.15) is 11.9 Å². The number of carbonyl (C=O) groups is 1. The van der Waals surface area contributed by atoms with Crippen LogP contribution in [0.25, 0.3) is 10.8 Å². The fourth-order valence-electron chi connectivity index (χ4n) is 2.83. The minimum Gasteiger partial charge on any atom is -0.467 e. The minimum atomic E-state index is -0.250. The maximum atomic E-state index is 11.9. The zero-order valence-corrected chi connectivity index (χ0v) is 11.4. The van der Waals surface area contributed by atoms with Crippen LogP contribution in [0, 0.1) is 0 Å². The van der Waals surface area contributed by atoms with Crippen LogP contribution in [0.4, 0.5) is 11.5 Å². The van der Waals surface area contributed by atoms with Gasteiger partial charge in [0.15, 0.2) is 0 Å². The molecule has 0 spiro atoms. The van der Waals surface area contributed by atoms with Crippen LogP contribution in [-0.2, 0) is 9.53 Å². The van der Waals surface area contributed by atoms with Crippen molar-refractivity contribution in [3.8, 4) is 0 Å². The summed E-state index contributed by atoms with van der Waals surface area (Å²) >= 11 is 0. The number of hydrogen-bond donors (Lipinski definition) is 1. The lowest BCUT2D eigenvalue weighted by atomic mass is 10.1. The van der Waals surface area contributed by atoms with Gasteiger partial charge in [0.25, 0.3) is 0 Å². The number of anilines is 2. The third-order valence-corrected chi connectivity index (χ3v) is 3.80. The van der Waals surface area contributed by atoms with E-state index >= 15 is 0 Å². The fourth-order valence-corrected chi connectivity index (χ4v) is 2.83. The van der Waals surface area contributed by atoms with Gasteiger partial charge in [-0.25, -0.2) is 9.78 Å². The van der Waals surface area contributed by atoms with E-state index < -0.39 is 0 Å². The number of pyridine rings is 1. The molecule has 0 radical (unpaired) electrons. The number of ether oxygens (including phenoxy) is 1. The van der Waals surface area contributed by atoms with Crippen LogP contribution >= 0.6 is 0 Å². The quantitative estimate of drug-likeness (QED) is 0.846. The molecule has 2 aromatic rings. The Morgan fingerprint density at radius 2 is 2.15 bits per heavy atom. The Morgan fingerprint density at radius 1 is 1.40 bits per heavy atom. The first-order valence-corrected chi connectivity index (χ1v) is 6.70. The fraction of sp³-hybridized carbons (Fsp3) is 0.333. The molecule has 2 heterocycles. The van der Waals surface area contributed by atoms with Crippen molar-refractivity contribution in [3.63, 3.8) is 0 Å². The lowest BCUT2D eigenvalue weighted by Gasteiger charge is -2.25. The van der Waals surface area contributed by atoms with E-state index in [2.05, 4.69) is 4.98 Å². The molecular weight excluding hydrogens is 254 g/mol. The van der Waals surface area contributed by atoms with E-state index in [9.17, 15) is 4.79 Å². The normalized spacial score (nSPS) is 18.4. The highest BCUT2D eigenvalue weighted by atomic mass is 16.5. The van der Waals surface area contributed by atoms with E-state index in [1.165, 1.54) is 7.11 Å². The van der Waals surface area contributed by atoms with E-state index in [4.69, 9.17) is 10.5 Å². The van der Waals surface area contributed by atoms with Gasteiger partial charge in [-0.3, -0.25) is 0 Å². The van der Waals surface area contributed by atoms with Crippen molar-refractivity contribution >= 4 is 28.2 Å². The molecular formula is C15H17N3O2. The van der Waals surface area contributed by atoms with Crippen LogP contribution in [0.2, 0.25) is 0 Å². The standard InChI is InChI=1S/C15H17N3O2/c1-20-15(19)13-7-4-8-18(13)14-11-6-3-2-5-10(11)12(16)9-17-14/h2-3,5-6,9,13H,4,7-8,16H2,1H3. The number of methoxy groups -OCH3 is 1. The summed E-state index contributed by atoms with van der Waals surface area (Å²) in [7, 11) is 1.42. The highest BCUT2D eigenvalue weighted by Crippen LogP contribution is 2.32. The van der Waals surface area contributed by atoms with Crippen molar-refractivity contribution in [2.75, 3.05) is 24.3 Å². The SMILES string of the molecule is COC(=O)C1CCCN1c1ncc(N)c2ccccc12. The van der Waals surface area contributed by atoms with Crippen molar-refractivity contribution in [1.29, 1.82) is 0 Å². The van der Waals surface area contributed by atoms with Gasteiger partial charge in [-0.05, 0) is 12.8 Å². The highest BCUT2D eigenvalue weighted by Gasteiger charge is 2.33. The Balaban J connectivity index is 2.10. The third kappa shape index (κ3) is 1.95. The van der Waals surface area contributed by atoms with Crippen molar-refractivity contribution in [1.82, 2.24) is 4.98 Å². The zero-order chi connectivity index (χ0) is 14.1. The monoisotopic (exact) mass is 271 g/mol. The summed E-state index contributed by atoms with van der Waals surface area (Å²) in [5, 5.41) is 1.94. The molecule has 1 unspecified atom stereocenters. The molecule has 0 bridgehead atoms. The molecule has 104 valence electrons. The van der Waals surface area contributed by atoms with Crippen LogP contribution in [0.5, 0.6) is 0 Å². The Bertz CT molecular complexity index is 657. The van der Waals surface area contributed by atoms with Gasteiger partial charge in [0, 0.05) is 17.3 Å². The van der Waals surface area contributed by atoms with E-state index in [0.717, 1.165) is 36.0 Å². The zero-order valence-electron chi connectivity index (χ0n) is 11.4. The summed E-state index contributed by atoms with van der Waals surface area (Å²) in [6, 6.07) is 7.61. The summed E-state index contributed by atoms with van der Waals surface area (Å²) < 4.78 is 4.89. The van der Waals surface area contributed by atoms with Gasteiger partial charge >= 0.3 is 5.97 Å². The summed E-state index contributed by atoms with van der Waals surface area (Å²) in [5.41, 5.74) is 6.62. The molecule has 0 aliphatic carbocycles. The number of aromatic nitrogens is 1. The Labute approximate surface area is 117 Å². The van der Waals surface area contributed by atoms with Gasteiger partial charge < -0.3 is 15.4 Å². The number of nitrogens with zero attached hydrogens (tertiary/aromatic N) is 2. The maximum Gasteiger partial charge on any atom is 0.328 e. The van der Waals surface area contributed by atoms with Crippen LogP contribution in [-0.4, -0.2) is 30.6 Å². The first kappa shape index (κ1) is 12.7. The number of carbonyl (C=O) groups excluding carboxylic acids is 1. The van der Waals surface area contributed by atoms with Gasteiger partial charge in [-0.1, -0.05) is 24.3 Å². The third-order valence-electron chi connectivity index (χ3n) is 3.80. The molecule has 3 rings (SSSR count). The number of rotatable bonds is 2. The van der Waals surface area contributed by atoms with Crippen molar-refractivity contribution in [3.05, 3.63) is 30.5 Å². The molecule has 0 saturated carbocycles. The largest absolute Gasteiger partial charge is 0.467 e. The van der Waals surface area contributed by atoms with Gasteiger partial charge in [0.2, 0.25) is 0 Å². The Kier molecular flexibility index (Phi) is 3.18. The maximum absolute atomic E-state index is 11.9. The summed E-state index contributed by atoms with van der Waals surface area (Å²) in [4.78, 5) is 18.4. The molecule has 5 nitrogen and oxygen atoms in total. The second kappa shape index (κ2) is 5.00. The number of esters is 1. The van der Waals surface area contributed by atoms with Gasteiger partial charge in [-0.15, -0.1) is 0 Å². The summed E-state index contributed by atoms with van der Waals surface area (Å²) in [6.45, 7) is 0.806. The molecule has 1 aromatic carbocycles. The molecule has 1 aliphatic heterocycles. The highest BCUT2D eigenvalue weighted by molar-refractivity contribution is 6.00. The van der Waals surface area contributed by atoms with E-state index in [1.807, 2.05) is 29.2 Å². The molecule has 5 heteroatoms. The second-order valence-electron chi connectivity index (χ2n) is 4.96. The number of benzene rings is 1. The molecule has 2 N–H and O–H groups in total. The Morgan fingerprint density at radius 3 is 2.90 bits per heavy atom. The van der Waals surface area contributed by atoms with Crippen LogP contribution in [0.1, 0.15) is 12.8 Å². The summed E-state index contributed by atoms with van der Waals surface area (Å²) in [5.74, 6) is 0.605. The number of fused-ring (bicyclic) bond motifs is 1. The number of hydrogen-bond acceptors (Lipinski definition) is 5. The molecule has 1 aromatic heterocycles. The van der Waals surface area contributed by atoms with E-state index in [1.54, 1.807) is 6.20 Å². The van der Waals surface area contributed by atoms with Crippen molar-refractivity contribution in [2.45, 2.75) is 18.9 Å². The molecule has 20 heavy (non-hydrogen) atoms. The number of nitrogens with two attached hydrogens (primary N) is 1. The molecule has 0 amide bonds. The van der Waals surface area contributed by atoms with Crippen LogP contribution in [0.3, 0.4) is 0 Å². The molecule has 1 aliphatic rings. The average molecular weight is 271 g/mol. The smallest absolute Gasteiger partial charge is 0.328 e. The molecule has 1 saturated heterocycles. The molecule has 1 atom stereocenters. The number of nitrogen functional groups attached to an aromatic ring is 1. The van der Waals surface area contributed by atoms with Crippen LogP contribution in [0.15, 0.2) is 30.5 Å². The predicted octanol–water partition coefficient (Wildman–Crippen LogP) is 1.96. The Hall–Kier alpha value is -2.30. The van der Waals surface area contributed by atoms with Gasteiger partial charge in [-0.2, -0.15) is 0 Å². The average Bonchev–Trinajstić information content (AvgIpc) is 2.96. The van der Waals surface area contributed by atoms with E-state index in [-0.39, 0.29) is 12.0 Å². The minimum absolute atomic E-state index is 0.204. The van der Waals surface area contributed by atoms with Crippen LogP contribution < -0.4 is 10.6 Å². The van der Waals surface area contributed by atoms with Gasteiger partial charge in [0.05, 0.1) is 19.0 Å². The van der Waals surface area contributed by atoms with Crippen molar-refractivity contribution < 1.29 is 9.53 Å². The van der Waals surface area contributed by atoms with Crippen molar-refractivity contribution in [2.24, 2.45) is 0 Å². The lowest BCUT2D eigenvalue weighted by Crippen LogP contribution is -2.37. The predicted molar refractivity (Wildman–Crippen MR) is 78.5 cm³/mol. The second-order valence-corrected chi connectivity index (χ2v) is 4.96. The first-order valence-electron chi connectivity index (χ1n) is 6.70. The summed E-state index contributed by atoms with van der Waals surface area (Å²) in [6.07, 6.45) is 3.41. The lowest BCUT2D eigenvalue weighted by molar-refractivity contribution is -0.141. The van der Waals surface area contributed by atoms with E-state index in [0.29, 0.717) is 5.69 Å². The first-order chi connectivity index (χ1) is 9.72. The molecule has 1 fully saturated rings. The topological polar surface area (TPSA) is 68.5 Å².